The van der Waals surface area contributed by atoms with Crippen molar-refractivity contribution in [1.29, 1.82) is 0 Å². The van der Waals surface area contributed by atoms with Gasteiger partial charge >= 0.3 is 0 Å². The van der Waals surface area contributed by atoms with Crippen LogP contribution in [-0.4, -0.2) is 29.8 Å². The summed E-state index contributed by atoms with van der Waals surface area (Å²) in [5.74, 6) is 1.04. The van der Waals surface area contributed by atoms with Gasteiger partial charge in [-0.1, -0.05) is 0 Å². The Kier molecular flexibility index (Phi) is 3.92. The second kappa shape index (κ2) is 4.99. The van der Waals surface area contributed by atoms with Crippen molar-refractivity contribution in [2.45, 2.75) is 13.5 Å². The highest BCUT2D eigenvalue weighted by molar-refractivity contribution is 5.02. The number of ether oxygens (including phenoxy) is 1. The van der Waals surface area contributed by atoms with Crippen LogP contribution in [0.2, 0.25) is 0 Å². The van der Waals surface area contributed by atoms with Gasteiger partial charge in [-0.3, -0.25) is 0 Å². The van der Waals surface area contributed by atoms with Crippen molar-refractivity contribution in [1.82, 2.24) is 14.9 Å². The maximum atomic E-state index is 4.93. The zero-order chi connectivity index (χ0) is 9.68. The van der Waals surface area contributed by atoms with E-state index in [0.29, 0.717) is 0 Å². The van der Waals surface area contributed by atoms with Crippen molar-refractivity contribution < 1.29 is 4.74 Å². The predicted octanol–water partition coefficient (Wildman–Crippen LogP) is 0.465. The lowest BCUT2D eigenvalue weighted by atomic mass is 10.4. The van der Waals surface area contributed by atoms with E-state index < -0.39 is 0 Å². The van der Waals surface area contributed by atoms with E-state index in [1.165, 1.54) is 5.69 Å². The summed E-state index contributed by atoms with van der Waals surface area (Å²) in [4.78, 5) is 4.21. The van der Waals surface area contributed by atoms with Crippen LogP contribution in [0.15, 0.2) is 6.20 Å². The Hall–Kier alpha value is -0.870. The number of aromatic nitrogens is 2. The zero-order valence-corrected chi connectivity index (χ0v) is 8.50. The molecule has 0 aliphatic rings. The second-order valence-electron chi connectivity index (χ2n) is 3.03. The lowest BCUT2D eigenvalue weighted by Gasteiger charge is -2.05. The Morgan fingerprint density at radius 1 is 1.62 bits per heavy atom. The van der Waals surface area contributed by atoms with E-state index in [0.717, 1.165) is 25.5 Å². The molecule has 0 saturated heterocycles. The summed E-state index contributed by atoms with van der Waals surface area (Å²) in [6.45, 7) is 4.47. The lowest BCUT2D eigenvalue weighted by molar-refractivity contribution is 0.199. The summed E-state index contributed by atoms with van der Waals surface area (Å²) in [5.41, 5.74) is 1.20. The highest BCUT2D eigenvalue weighted by Gasteiger charge is 2.00. The Balaban J connectivity index is 2.32. The molecule has 0 aliphatic carbocycles. The van der Waals surface area contributed by atoms with Crippen molar-refractivity contribution in [2.24, 2.45) is 7.05 Å². The standard InChI is InChI=1S/C9H17N3O/c1-8-11-7-9(12(8)2)6-10-4-5-13-3/h7,10H,4-6H2,1-3H3. The molecule has 0 fully saturated rings. The van der Waals surface area contributed by atoms with Gasteiger partial charge in [0, 0.05) is 33.4 Å². The quantitative estimate of drug-likeness (QED) is 0.674. The van der Waals surface area contributed by atoms with Crippen molar-refractivity contribution in [3.63, 3.8) is 0 Å². The fourth-order valence-electron chi connectivity index (χ4n) is 1.10. The van der Waals surface area contributed by atoms with Crippen LogP contribution in [0.5, 0.6) is 0 Å². The van der Waals surface area contributed by atoms with E-state index in [2.05, 4.69) is 14.9 Å². The molecule has 0 aliphatic heterocycles. The molecule has 1 N–H and O–H groups in total. The summed E-state index contributed by atoms with van der Waals surface area (Å²) in [7, 11) is 3.73. The van der Waals surface area contributed by atoms with Gasteiger partial charge in [0.15, 0.2) is 0 Å². The first-order chi connectivity index (χ1) is 6.25. The highest BCUT2D eigenvalue weighted by atomic mass is 16.5. The Bertz CT molecular complexity index is 257. The molecular weight excluding hydrogens is 166 g/mol. The molecule has 0 saturated carbocycles. The average Bonchev–Trinajstić information content (AvgIpc) is 2.43. The first kappa shape index (κ1) is 10.2. The third kappa shape index (κ3) is 2.82. The normalized spacial score (nSPS) is 10.7. The van der Waals surface area contributed by atoms with E-state index in [1.807, 2.05) is 20.2 Å². The van der Waals surface area contributed by atoms with Crippen molar-refractivity contribution in [3.8, 4) is 0 Å². The summed E-state index contributed by atoms with van der Waals surface area (Å²) >= 11 is 0. The largest absolute Gasteiger partial charge is 0.383 e. The van der Waals surface area contributed by atoms with E-state index >= 15 is 0 Å². The molecule has 0 amide bonds. The van der Waals surface area contributed by atoms with Crippen molar-refractivity contribution in [3.05, 3.63) is 17.7 Å². The topological polar surface area (TPSA) is 39.1 Å². The molecular formula is C9H17N3O. The maximum Gasteiger partial charge on any atom is 0.105 e. The molecule has 13 heavy (non-hydrogen) atoms. The number of imidazole rings is 1. The first-order valence-electron chi connectivity index (χ1n) is 4.42. The van der Waals surface area contributed by atoms with Gasteiger partial charge in [0.1, 0.15) is 5.82 Å². The average molecular weight is 183 g/mol. The van der Waals surface area contributed by atoms with Gasteiger partial charge in [0.05, 0.1) is 12.3 Å². The van der Waals surface area contributed by atoms with E-state index in [1.54, 1.807) is 7.11 Å². The molecule has 0 unspecified atom stereocenters. The van der Waals surface area contributed by atoms with E-state index in [4.69, 9.17) is 4.74 Å². The van der Waals surface area contributed by atoms with Gasteiger partial charge in [-0.05, 0) is 6.92 Å². The van der Waals surface area contributed by atoms with Crippen LogP contribution in [0, 0.1) is 6.92 Å². The molecule has 0 bridgehead atoms. The van der Waals surface area contributed by atoms with Crippen LogP contribution in [0.25, 0.3) is 0 Å². The Morgan fingerprint density at radius 2 is 2.38 bits per heavy atom. The van der Waals surface area contributed by atoms with Crippen LogP contribution in [-0.2, 0) is 18.3 Å². The monoisotopic (exact) mass is 183 g/mol. The number of methoxy groups -OCH3 is 1. The molecule has 1 heterocycles. The van der Waals surface area contributed by atoms with Gasteiger partial charge in [-0.15, -0.1) is 0 Å². The van der Waals surface area contributed by atoms with E-state index in [-0.39, 0.29) is 0 Å². The number of hydrogen-bond acceptors (Lipinski definition) is 3. The van der Waals surface area contributed by atoms with Gasteiger partial charge in [-0.2, -0.15) is 0 Å². The van der Waals surface area contributed by atoms with Gasteiger partial charge in [0.2, 0.25) is 0 Å². The number of aryl methyl sites for hydroxylation is 1. The fraction of sp³-hybridized carbons (Fsp3) is 0.667. The van der Waals surface area contributed by atoms with Crippen LogP contribution >= 0.6 is 0 Å². The molecule has 0 radical (unpaired) electrons. The van der Waals surface area contributed by atoms with Crippen molar-refractivity contribution >= 4 is 0 Å². The number of hydrogen-bond donors (Lipinski definition) is 1. The van der Waals surface area contributed by atoms with Crippen LogP contribution < -0.4 is 5.32 Å². The molecule has 0 aromatic carbocycles. The minimum absolute atomic E-state index is 0.747. The molecule has 1 aromatic heterocycles. The molecule has 0 atom stereocenters. The SMILES string of the molecule is COCCNCc1cnc(C)n1C. The molecule has 74 valence electrons. The third-order valence-electron chi connectivity index (χ3n) is 2.11. The smallest absolute Gasteiger partial charge is 0.105 e. The molecule has 4 nitrogen and oxygen atoms in total. The van der Waals surface area contributed by atoms with Gasteiger partial charge in [0.25, 0.3) is 0 Å². The Labute approximate surface area is 78.9 Å². The van der Waals surface area contributed by atoms with Crippen molar-refractivity contribution in [2.75, 3.05) is 20.3 Å². The summed E-state index contributed by atoms with van der Waals surface area (Å²) in [6.07, 6.45) is 1.90. The van der Waals surface area contributed by atoms with Gasteiger partial charge < -0.3 is 14.6 Å². The summed E-state index contributed by atoms with van der Waals surface area (Å²) in [6, 6.07) is 0. The molecule has 4 heteroatoms. The number of nitrogens with zero attached hydrogens (tertiary/aromatic N) is 2. The zero-order valence-electron chi connectivity index (χ0n) is 8.50. The maximum absolute atomic E-state index is 4.93. The minimum Gasteiger partial charge on any atom is -0.383 e. The Morgan fingerprint density at radius 3 is 2.92 bits per heavy atom. The number of nitrogens with one attached hydrogen (secondary N) is 1. The van der Waals surface area contributed by atoms with Gasteiger partial charge in [-0.25, -0.2) is 4.98 Å². The second-order valence-corrected chi connectivity index (χ2v) is 3.03. The summed E-state index contributed by atoms with van der Waals surface area (Å²) in [5, 5.41) is 3.27. The predicted molar refractivity (Wildman–Crippen MR) is 51.5 cm³/mol. The van der Waals surface area contributed by atoms with Crippen LogP contribution in [0.4, 0.5) is 0 Å². The highest BCUT2D eigenvalue weighted by Crippen LogP contribution is 2.00. The third-order valence-corrected chi connectivity index (χ3v) is 2.11. The number of rotatable bonds is 5. The fourth-order valence-corrected chi connectivity index (χ4v) is 1.10. The summed E-state index contributed by atoms with van der Waals surface area (Å²) < 4.78 is 7.01. The molecule has 0 spiro atoms. The lowest BCUT2D eigenvalue weighted by Crippen LogP contribution is -2.20. The molecule has 1 rings (SSSR count). The van der Waals surface area contributed by atoms with Crippen LogP contribution in [0.1, 0.15) is 11.5 Å². The molecule has 1 aromatic rings. The van der Waals surface area contributed by atoms with Crippen LogP contribution in [0.3, 0.4) is 0 Å². The first-order valence-corrected chi connectivity index (χ1v) is 4.42. The minimum atomic E-state index is 0.747. The van der Waals surface area contributed by atoms with E-state index in [9.17, 15) is 0 Å².